The summed E-state index contributed by atoms with van der Waals surface area (Å²) in [5.41, 5.74) is -0.0700. The molecule has 1 aliphatic carbocycles. The first kappa shape index (κ1) is 5.69. The number of aliphatic hydroxyl groups excluding tert-OH is 1. The Morgan fingerprint density at radius 3 is 2.89 bits per heavy atom. The maximum Gasteiger partial charge on any atom is 0.118 e. The molecule has 0 spiro atoms. The van der Waals surface area contributed by atoms with Gasteiger partial charge in [0.2, 0.25) is 0 Å². The van der Waals surface area contributed by atoms with E-state index in [4.69, 9.17) is 9.84 Å². The maximum absolute atomic E-state index is 8.86. The minimum absolute atomic E-state index is 0.0700. The lowest BCUT2D eigenvalue weighted by molar-refractivity contribution is 0.142. The fraction of sp³-hybridized carbons (Fsp3) is 1.00. The molecule has 2 fully saturated rings. The molecule has 1 saturated carbocycles. The first-order chi connectivity index (χ1) is 4.27. The van der Waals surface area contributed by atoms with Gasteiger partial charge in [-0.3, -0.25) is 0 Å². The van der Waals surface area contributed by atoms with Crippen LogP contribution in [0.4, 0.5) is 0 Å². The first-order valence-corrected chi connectivity index (χ1v) is 3.55. The van der Waals surface area contributed by atoms with Gasteiger partial charge in [-0.2, -0.15) is 0 Å². The molecular weight excluding hydrogens is 116 g/mol. The lowest BCUT2D eigenvalue weighted by Crippen LogP contribution is -2.16. The maximum atomic E-state index is 8.86. The van der Waals surface area contributed by atoms with Crippen molar-refractivity contribution in [1.29, 1.82) is 0 Å². The first-order valence-electron chi connectivity index (χ1n) is 3.55. The van der Waals surface area contributed by atoms with Crippen LogP contribution in [0.3, 0.4) is 0 Å². The predicted octanol–water partition coefficient (Wildman–Crippen LogP) is 0.546. The number of aliphatic hydroxyl groups is 1. The van der Waals surface area contributed by atoms with E-state index in [1.54, 1.807) is 0 Å². The SMILES string of the molecule is C[C@H]1C[C@@H]2O[C@@]2(CO)C1. The molecule has 0 aromatic carbocycles. The van der Waals surface area contributed by atoms with Crippen molar-refractivity contribution in [3.8, 4) is 0 Å². The molecule has 2 aliphatic rings. The van der Waals surface area contributed by atoms with Crippen LogP contribution in [-0.4, -0.2) is 23.4 Å². The summed E-state index contributed by atoms with van der Waals surface area (Å²) >= 11 is 0. The zero-order valence-corrected chi connectivity index (χ0v) is 5.63. The van der Waals surface area contributed by atoms with Crippen molar-refractivity contribution >= 4 is 0 Å². The van der Waals surface area contributed by atoms with E-state index in [1.807, 2.05) is 0 Å². The number of rotatable bonds is 1. The van der Waals surface area contributed by atoms with Gasteiger partial charge in [0.05, 0.1) is 12.7 Å². The third-order valence-electron chi connectivity index (χ3n) is 2.48. The molecule has 2 heteroatoms. The Kier molecular flexibility index (Phi) is 0.945. The van der Waals surface area contributed by atoms with Crippen LogP contribution in [0.1, 0.15) is 19.8 Å². The molecule has 2 rings (SSSR count). The van der Waals surface area contributed by atoms with Crippen molar-refractivity contribution in [1.82, 2.24) is 0 Å². The summed E-state index contributed by atoms with van der Waals surface area (Å²) in [4.78, 5) is 0. The summed E-state index contributed by atoms with van der Waals surface area (Å²) in [6.45, 7) is 2.44. The van der Waals surface area contributed by atoms with Gasteiger partial charge in [0.15, 0.2) is 0 Å². The molecule has 0 aromatic rings. The molecule has 0 amide bonds. The van der Waals surface area contributed by atoms with E-state index in [0.717, 1.165) is 18.8 Å². The van der Waals surface area contributed by atoms with E-state index in [0.29, 0.717) is 6.10 Å². The fourth-order valence-electron chi connectivity index (χ4n) is 1.93. The minimum Gasteiger partial charge on any atom is -0.393 e. The molecule has 52 valence electrons. The minimum atomic E-state index is -0.0700. The van der Waals surface area contributed by atoms with Gasteiger partial charge in [0.25, 0.3) is 0 Å². The largest absolute Gasteiger partial charge is 0.393 e. The molecule has 1 N–H and O–H groups in total. The van der Waals surface area contributed by atoms with Gasteiger partial charge in [-0.05, 0) is 18.8 Å². The Balaban J connectivity index is 2.05. The Morgan fingerprint density at radius 1 is 1.78 bits per heavy atom. The van der Waals surface area contributed by atoms with Crippen LogP contribution < -0.4 is 0 Å². The monoisotopic (exact) mass is 128 g/mol. The highest BCUT2D eigenvalue weighted by atomic mass is 16.6. The molecule has 9 heavy (non-hydrogen) atoms. The van der Waals surface area contributed by atoms with E-state index < -0.39 is 0 Å². The van der Waals surface area contributed by atoms with Crippen LogP contribution in [-0.2, 0) is 4.74 Å². The third kappa shape index (κ3) is 0.634. The van der Waals surface area contributed by atoms with Gasteiger partial charge in [0, 0.05) is 0 Å². The topological polar surface area (TPSA) is 32.8 Å². The molecular formula is C7H12O2. The van der Waals surface area contributed by atoms with Gasteiger partial charge in [-0.15, -0.1) is 0 Å². The molecule has 2 nitrogen and oxygen atoms in total. The van der Waals surface area contributed by atoms with Gasteiger partial charge in [-0.25, -0.2) is 0 Å². The lowest BCUT2D eigenvalue weighted by Gasteiger charge is -2.06. The van der Waals surface area contributed by atoms with E-state index in [1.165, 1.54) is 0 Å². The van der Waals surface area contributed by atoms with E-state index in [2.05, 4.69) is 6.92 Å². The molecule has 3 atom stereocenters. The van der Waals surface area contributed by atoms with Crippen molar-refractivity contribution in [2.75, 3.05) is 6.61 Å². The van der Waals surface area contributed by atoms with Crippen molar-refractivity contribution in [3.63, 3.8) is 0 Å². The second-order valence-corrected chi connectivity index (χ2v) is 3.37. The summed E-state index contributed by atoms with van der Waals surface area (Å²) in [6.07, 6.45) is 2.62. The van der Waals surface area contributed by atoms with Crippen molar-refractivity contribution < 1.29 is 9.84 Å². The van der Waals surface area contributed by atoms with Crippen LogP contribution >= 0.6 is 0 Å². The highest BCUT2D eigenvalue weighted by molar-refractivity contribution is 5.09. The molecule has 1 aliphatic heterocycles. The van der Waals surface area contributed by atoms with Crippen molar-refractivity contribution in [2.24, 2.45) is 5.92 Å². The molecule has 0 radical (unpaired) electrons. The quantitative estimate of drug-likeness (QED) is 0.523. The normalized spacial score (nSPS) is 55.3. The molecule has 0 bridgehead atoms. The van der Waals surface area contributed by atoms with Crippen LogP contribution in [0.2, 0.25) is 0 Å². The van der Waals surface area contributed by atoms with Gasteiger partial charge in [-0.1, -0.05) is 6.92 Å². The summed E-state index contributed by atoms with van der Waals surface area (Å²) < 4.78 is 5.31. The number of fused-ring (bicyclic) bond motifs is 1. The highest BCUT2D eigenvalue weighted by Crippen LogP contribution is 2.51. The Morgan fingerprint density at radius 2 is 2.56 bits per heavy atom. The van der Waals surface area contributed by atoms with E-state index in [9.17, 15) is 0 Å². The van der Waals surface area contributed by atoms with E-state index >= 15 is 0 Å². The smallest absolute Gasteiger partial charge is 0.118 e. The standard InChI is InChI=1S/C7H12O2/c1-5-2-6-7(3-5,4-8)9-6/h5-6,8H,2-4H2,1H3/t5-,6-,7+/m0/s1. The molecule has 0 unspecified atom stereocenters. The number of hydrogen-bond acceptors (Lipinski definition) is 2. The van der Waals surface area contributed by atoms with E-state index in [-0.39, 0.29) is 12.2 Å². The third-order valence-corrected chi connectivity index (χ3v) is 2.48. The lowest BCUT2D eigenvalue weighted by atomic mass is 10.1. The summed E-state index contributed by atoms with van der Waals surface area (Å²) in [5.74, 6) is 0.760. The van der Waals surface area contributed by atoms with Gasteiger partial charge >= 0.3 is 0 Å². The zero-order chi connectivity index (χ0) is 6.48. The average molecular weight is 128 g/mol. The Hall–Kier alpha value is -0.0800. The summed E-state index contributed by atoms with van der Waals surface area (Å²) in [7, 11) is 0. The van der Waals surface area contributed by atoms with Crippen LogP contribution in [0.5, 0.6) is 0 Å². The molecule has 0 aromatic heterocycles. The van der Waals surface area contributed by atoms with Crippen molar-refractivity contribution in [3.05, 3.63) is 0 Å². The predicted molar refractivity (Wildman–Crippen MR) is 33.1 cm³/mol. The van der Waals surface area contributed by atoms with Crippen LogP contribution in [0.15, 0.2) is 0 Å². The number of ether oxygens (including phenoxy) is 1. The molecule has 1 saturated heterocycles. The van der Waals surface area contributed by atoms with Crippen molar-refractivity contribution in [2.45, 2.75) is 31.5 Å². The Labute approximate surface area is 54.8 Å². The average Bonchev–Trinajstić information content (AvgIpc) is 2.38. The second-order valence-electron chi connectivity index (χ2n) is 3.37. The van der Waals surface area contributed by atoms with Crippen LogP contribution in [0.25, 0.3) is 0 Å². The summed E-state index contributed by atoms with van der Waals surface area (Å²) in [6, 6.07) is 0. The summed E-state index contributed by atoms with van der Waals surface area (Å²) in [5, 5.41) is 8.86. The Bertz CT molecular complexity index is 131. The second kappa shape index (κ2) is 1.50. The fourth-order valence-corrected chi connectivity index (χ4v) is 1.93. The van der Waals surface area contributed by atoms with Gasteiger partial charge in [0.1, 0.15) is 5.60 Å². The van der Waals surface area contributed by atoms with Gasteiger partial charge < -0.3 is 9.84 Å². The van der Waals surface area contributed by atoms with Crippen LogP contribution in [0, 0.1) is 5.92 Å². The highest BCUT2D eigenvalue weighted by Gasteiger charge is 2.61. The molecule has 1 heterocycles. The number of hydrogen-bond donors (Lipinski definition) is 1. The number of epoxide rings is 1. The zero-order valence-electron chi connectivity index (χ0n) is 5.63.